The number of aliphatic hydroxyl groups is 1. The number of allylic oxidation sites excluding steroid dienone is 1. The SMILES string of the molecule is C=CCC(CC)CCO. The zero-order chi connectivity index (χ0) is 7.11. The van der Waals surface area contributed by atoms with E-state index in [0.29, 0.717) is 12.5 Å². The largest absolute Gasteiger partial charge is 0.396 e. The highest BCUT2D eigenvalue weighted by Gasteiger charge is 2.00. The minimum absolute atomic E-state index is 0.312. The average Bonchev–Trinajstić information content (AvgIpc) is 1.88. The van der Waals surface area contributed by atoms with Gasteiger partial charge < -0.3 is 5.11 Å². The minimum Gasteiger partial charge on any atom is -0.396 e. The normalized spacial score (nSPS) is 13.1. The van der Waals surface area contributed by atoms with E-state index in [1.165, 1.54) is 0 Å². The van der Waals surface area contributed by atoms with Gasteiger partial charge in [-0.1, -0.05) is 19.4 Å². The minimum atomic E-state index is 0.312. The smallest absolute Gasteiger partial charge is 0.0433 e. The topological polar surface area (TPSA) is 20.2 Å². The van der Waals surface area contributed by atoms with Crippen molar-refractivity contribution in [1.82, 2.24) is 0 Å². The first-order valence-electron chi connectivity index (χ1n) is 3.56. The van der Waals surface area contributed by atoms with Crippen LogP contribution in [0.25, 0.3) is 0 Å². The maximum absolute atomic E-state index is 8.56. The molecule has 54 valence electrons. The lowest BCUT2D eigenvalue weighted by Gasteiger charge is -2.08. The van der Waals surface area contributed by atoms with Crippen LogP contribution in [0, 0.1) is 5.92 Å². The summed E-state index contributed by atoms with van der Waals surface area (Å²) < 4.78 is 0. The van der Waals surface area contributed by atoms with Gasteiger partial charge in [0.15, 0.2) is 0 Å². The summed E-state index contributed by atoms with van der Waals surface area (Å²) in [4.78, 5) is 0. The molecule has 0 aliphatic carbocycles. The van der Waals surface area contributed by atoms with Crippen molar-refractivity contribution in [3.05, 3.63) is 12.7 Å². The van der Waals surface area contributed by atoms with Gasteiger partial charge >= 0.3 is 0 Å². The van der Waals surface area contributed by atoms with E-state index in [1.807, 2.05) is 6.08 Å². The summed E-state index contributed by atoms with van der Waals surface area (Å²) in [6.07, 6.45) is 5.02. The van der Waals surface area contributed by atoms with Gasteiger partial charge in [-0.05, 0) is 18.8 Å². The van der Waals surface area contributed by atoms with E-state index in [-0.39, 0.29) is 0 Å². The number of hydrogen-bond acceptors (Lipinski definition) is 1. The number of hydrogen-bond donors (Lipinski definition) is 1. The molecular weight excluding hydrogens is 112 g/mol. The van der Waals surface area contributed by atoms with E-state index in [1.54, 1.807) is 0 Å². The second-order valence-corrected chi connectivity index (χ2v) is 2.31. The predicted molar refractivity (Wildman–Crippen MR) is 40.3 cm³/mol. The molecule has 0 aromatic carbocycles. The van der Waals surface area contributed by atoms with Crippen molar-refractivity contribution in [2.75, 3.05) is 6.61 Å². The van der Waals surface area contributed by atoms with Crippen LogP contribution in [0.4, 0.5) is 0 Å². The molecule has 9 heavy (non-hydrogen) atoms. The van der Waals surface area contributed by atoms with E-state index in [9.17, 15) is 0 Å². The molecule has 0 saturated heterocycles. The highest BCUT2D eigenvalue weighted by molar-refractivity contribution is 4.71. The van der Waals surface area contributed by atoms with Gasteiger partial charge in [0.25, 0.3) is 0 Å². The lowest BCUT2D eigenvalue weighted by atomic mass is 9.99. The molecule has 1 atom stereocenters. The molecular formula is C8H16O. The highest BCUT2D eigenvalue weighted by atomic mass is 16.3. The fourth-order valence-electron chi connectivity index (χ4n) is 0.907. The molecule has 1 heteroatoms. The summed E-state index contributed by atoms with van der Waals surface area (Å²) in [5.41, 5.74) is 0. The quantitative estimate of drug-likeness (QED) is 0.561. The van der Waals surface area contributed by atoms with Crippen molar-refractivity contribution in [3.8, 4) is 0 Å². The van der Waals surface area contributed by atoms with Gasteiger partial charge in [-0.2, -0.15) is 0 Å². The molecule has 0 aromatic heterocycles. The van der Waals surface area contributed by atoms with Crippen LogP contribution in [-0.2, 0) is 0 Å². The second-order valence-electron chi connectivity index (χ2n) is 2.31. The van der Waals surface area contributed by atoms with Crippen LogP contribution >= 0.6 is 0 Å². The van der Waals surface area contributed by atoms with Gasteiger partial charge in [0.05, 0.1) is 0 Å². The van der Waals surface area contributed by atoms with Crippen molar-refractivity contribution in [2.24, 2.45) is 5.92 Å². The molecule has 0 aliphatic heterocycles. The second kappa shape index (κ2) is 5.83. The summed E-state index contributed by atoms with van der Waals surface area (Å²) in [7, 11) is 0. The van der Waals surface area contributed by atoms with Crippen molar-refractivity contribution >= 4 is 0 Å². The van der Waals surface area contributed by atoms with Crippen LogP contribution in [0.5, 0.6) is 0 Å². The highest BCUT2D eigenvalue weighted by Crippen LogP contribution is 2.11. The van der Waals surface area contributed by atoms with E-state index in [2.05, 4.69) is 13.5 Å². The molecule has 0 bridgehead atoms. The van der Waals surface area contributed by atoms with Crippen molar-refractivity contribution in [1.29, 1.82) is 0 Å². The van der Waals surface area contributed by atoms with Crippen molar-refractivity contribution in [2.45, 2.75) is 26.2 Å². The third-order valence-electron chi connectivity index (χ3n) is 1.61. The lowest BCUT2D eigenvalue weighted by Crippen LogP contribution is -1.99. The molecule has 0 aliphatic rings. The molecule has 1 unspecified atom stereocenters. The van der Waals surface area contributed by atoms with E-state index in [0.717, 1.165) is 19.3 Å². The standard InChI is InChI=1S/C8H16O/c1-3-5-8(4-2)6-7-9/h3,8-9H,1,4-7H2,2H3. The van der Waals surface area contributed by atoms with Crippen molar-refractivity contribution < 1.29 is 5.11 Å². The first kappa shape index (κ1) is 8.70. The maximum Gasteiger partial charge on any atom is 0.0433 e. The summed E-state index contributed by atoms with van der Waals surface area (Å²) in [5.74, 6) is 0.646. The molecule has 0 saturated carbocycles. The Labute approximate surface area is 57.4 Å². The molecule has 0 rings (SSSR count). The molecule has 1 N–H and O–H groups in total. The van der Waals surface area contributed by atoms with Crippen LogP contribution in [-0.4, -0.2) is 11.7 Å². The number of aliphatic hydroxyl groups excluding tert-OH is 1. The molecule has 0 aromatic rings. The first-order chi connectivity index (χ1) is 4.35. The average molecular weight is 128 g/mol. The van der Waals surface area contributed by atoms with Gasteiger partial charge in [0.2, 0.25) is 0 Å². The predicted octanol–water partition coefficient (Wildman–Crippen LogP) is 1.97. The van der Waals surface area contributed by atoms with E-state index < -0.39 is 0 Å². The third-order valence-corrected chi connectivity index (χ3v) is 1.61. The number of rotatable bonds is 5. The Morgan fingerprint density at radius 3 is 2.67 bits per heavy atom. The zero-order valence-corrected chi connectivity index (χ0v) is 6.14. The fourth-order valence-corrected chi connectivity index (χ4v) is 0.907. The molecule has 0 fully saturated rings. The Hall–Kier alpha value is -0.300. The van der Waals surface area contributed by atoms with E-state index in [4.69, 9.17) is 5.11 Å². The van der Waals surface area contributed by atoms with Crippen molar-refractivity contribution in [3.63, 3.8) is 0 Å². The van der Waals surface area contributed by atoms with Crippen LogP contribution in [0.15, 0.2) is 12.7 Å². The van der Waals surface area contributed by atoms with Gasteiger partial charge in [-0.15, -0.1) is 6.58 Å². The summed E-state index contributed by atoms with van der Waals surface area (Å²) in [6.45, 7) is 6.10. The Kier molecular flexibility index (Phi) is 5.64. The van der Waals surface area contributed by atoms with Gasteiger partial charge in [0.1, 0.15) is 0 Å². The maximum atomic E-state index is 8.56. The Morgan fingerprint density at radius 2 is 2.33 bits per heavy atom. The third kappa shape index (κ3) is 4.22. The summed E-state index contributed by atoms with van der Waals surface area (Å²) in [5, 5.41) is 8.56. The molecule has 0 heterocycles. The van der Waals surface area contributed by atoms with Crippen LogP contribution in [0.3, 0.4) is 0 Å². The molecule has 0 spiro atoms. The van der Waals surface area contributed by atoms with Crippen LogP contribution < -0.4 is 0 Å². The Balaban J connectivity index is 3.28. The first-order valence-corrected chi connectivity index (χ1v) is 3.56. The summed E-state index contributed by atoms with van der Waals surface area (Å²) in [6, 6.07) is 0. The lowest BCUT2D eigenvalue weighted by molar-refractivity contribution is 0.255. The zero-order valence-electron chi connectivity index (χ0n) is 6.14. The van der Waals surface area contributed by atoms with Gasteiger partial charge in [-0.3, -0.25) is 0 Å². The Morgan fingerprint density at radius 1 is 1.67 bits per heavy atom. The monoisotopic (exact) mass is 128 g/mol. The molecule has 0 radical (unpaired) electrons. The summed E-state index contributed by atoms with van der Waals surface area (Å²) >= 11 is 0. The van der Waals surface area contributed by atoms with Gasteiger partial charge in [0, 0.05) is 6.61 Å². The van der Waals surface area contributed by atoms with E-state index >= 15 is 0 Å². The van der Waals surface area contributed by atoms with Gasteiger partial charge in [-0.25, -0.2) is 0 Å². The fraction of sp³-hybridized carbons (Fsp3) is 0.750. The molecule has 1 nitrogen and oxygen atoms in total. The molecule has 0 amide bonds. The van der Waals surface area contributed by atoms with Crippen LogP contribution in [0.1, 0.15) is 26.2 Å². The Bertz CT molecular complexity index is 69.0. The van der Waals surface area contributed by atoms with Crippen LogP contribution in [0.2, 0.25) is 0 Å².